The molecule has 1 saturated heterocycles. The molecule has 3 rings (SSSR count). The molecule has 0 spiro atoms. The Labute approximate surface area is 170 Å². The molecule has 1 aliphatic heterocycles. The predicted molar refractivity (Wildman–Crippen MR) is 111 cm³/mol. The summed E-state index contributed by atoms with van der Waals surface area (Å²) in [6, 6.07) is 8.57. The van der Waals surface area contributed by atoms with Gasteiger partial charge < -0.3 is 10.1 Å². The van der Waals surface area contributed by atoms with Gasteiger partial charge in [-0.15, -0.1) is 0 Å². The maximum atomic E-state index is 11.0. The van der Waals surface area contributed by atoms with Gasteiger partial charge in [0.2, 0.25) is 0 Å². The molecular formula is C21H27N5O3. The second kappa shape index (κ2) is 9.99. The molecule has 1 aromatic carbocycles. The van der Waals surface area contributed by atoms with Crippen LogP contribution in [0.2, 0.25) is 0 Å². The molecule has 3 N–H and O–H groups in total. The van der Waals surface area contributed by atoms with Crippen molar-refractivity contribution in [2.75, 3.05) is 18.4 Å². The van der Waals surface area contributed by atoms with E-state index in [1.165, 1.54) is 23.2 Å². The number of aromatic nitrogens is 2. The number of nitrogens with one attached hydrogen (secondary N) is 2. The second-order valence-electron chi connectivity index (χ2n) is 7.31. The van der Waals surface area contributed by atoms with Gasteiger partial charge in [-0.3, -0.25) is 19.9 Å². The summed E-state index contributed by atoms with van der Waals surface area (Å²) in [5.41, 5.74) is 3.31. The summed E-state index contributed by atoms with van der Waals surface area (Å²) in [6.07, 6.45) is 7.09. The van der Waals surface area contributed by atoms with Gasteiger partial charge in [-0.1, -0.05) is 12.1 Å². The van der Waals surface area contributed by atoms with E-state index in [4.69, 9.17) is 9.94 Å². The SMILES string of the molecule is CC(C)Oc1cccc(CN2CC[C@@H](Nc3cnc(C=CC(=O)NO)cn3)C2)c1. The van der Waals surface area contributed by atoms with E-state index in [1.807, 2.05) is 26.0 Å². The lowest BCUT2D eigenvalue weighted by Gasteiger charge is -2.18. The van der Waals surface area contributed by atoms with E-state index in [-0.39, 0.29) is 6.10 Å². The normalized spacial score (nSPS) is 17.0. The smallest absolute Gasteiger partial charge is 0.267 e. The van der Waals surface area contributed by atoms with Crippen LogP contribution in [0.5, 0.6) is 5.75 Å². The molecule has 1 aromatic heterocycles. The first-order valence-electron chi connectivity index (χ1n) is 9.70. The fourth-order valence-corrected chi connectivity index (χ4v) is 3.25. The fourth-order valence-electron chi connectivity index (χ4n) is 3.25. The van der Waals surface area contributed by atoms with Gasteiger partial charge in [-0.05, 0) is 44.0 Å². The third-order valence-electron chi connectivity index (χ3n) is 4.49. The maximum Gasteiger partial charge on any atom is 0.267 e. The number of rotatable bonds is 8. The van der Waals surface area contributed by atoms with E-state index in [2.05, 4.69) is 32.3 Å². The molecule has 1 amide bonds. The summed E-state index contributed by atoms with van der Waals surface area (Å²) in [5.74, 6) is 1.00. The highest BCUT2D eigenvalue weighted by Crippen LogP contribution is 2.20. The van der Waals surface area contributed by atoms with Gasteiger partial charge in [0.1, 0.15) is 11.6 Å². The van der Waals surface area contributed by atoms with Crippen molar-refractivity contribution in [1.29, 1.82) is 0 Å². The first-order chi connectivity index (χ1) is 14.0. The summed E-state index contributed by atoms with van der Waals surface area (Å²) in [5, 5.41) is 11.9. The number of benzene rings is 1. The molecule has 2 aromatic rings. The summed E-state index contributed by atoms with van der Waals surface area (Å²) < 4.78 is 5.78. The zero-order valence-electron chi connectivity index (χ0n) is 16.7. The van der Waals surface area contributed by atoms with Crippen LogP contribution in [0.4, 0.5) is 5.82 Å². The van der Waals surface area contributed by atoms with Crippen molar-refractivity contribution in [3.8, 4) is 5.75 Å². The van der Waals surface area contributed by atoms with Crippen LogP contribution in [0.15, 0.2) is 42.7 Å². The number of carbonyl (C=O) groups excluding carboxylic acids is 1. The minimum absolute atomic E-state index is 0.167. The molecule has 8 heteroatoms. The van der Waals surface area contributed by atoms with E-state index in [1.54, 1.807) is 12.4 Å². The van der Waals surface area contributed by atoms with Gasteiger partial charge in [-0.25, -0.2) is 10.5 Å². The summed E-state index contributed by atoms with van der Waals surface area (Å²) in [6.45, 7) is 6.88. The molecule has 0 saturated carbocycles. The molecule has 1 aliphatic rings. The van der Waals surface area contributed by atoms with Gasteiger partial charge in [0, 0.05) is 31.8 Å². The van der Waals surface area contributed by atoms with Crippen molar-refractivity contribution < 1.29 is 14.7 Å². The third kappa shape index (κ3) is 6.55. The van der Waals surface area contributed by atoms with Crippen LogP contribution in [0.3, 0.4) is 0 Å². The lowest BCUT2D eigenvalue weighted by Crippen LogP contribution is -2.26. The molecule has 154 valence electrons. The van der Waals surface area contributed by atoms with E-state index < -0.39 is 5.91 Å². The Morgan fingerprint density at radius 2 is 2.24 bits per heavy atom. The number of hydrogen-bond acceptors (Lipinski definition) is 7. The van der Waals surface area contributed by atoms with Gasteiger partial charge in [-0.2, -0.15) is 0 Å². The van der Waals surface area contributed by atoms with Crippen LogP contribution in [0.1, 0.15) is 31.5 Å². The van der Waals surface area contributed by atoms with Crippen molar-refractivity contribution in [3.63, 3.8) is 0 Å². The summed E-state index contributed by atoms with van der Waals surface area (Å²) in [4.78, 5) is 22.0. The lowest BCUT2D eigenvalue weighted by molar-refractivity contribution is -0.124. The second-order valence-corrected chi connectivity index (χ2v) is 7.31. The zero-order valence-corrected chi connectivity index (χ0v) is 16.7. The van der Waals surface area contributed by atoms with Crippen LogP contribution in [-0.4, -0.2) is 51.2 Å². The van der Waals surface area contributed by atoms with Crippen LogP contribution in [0.25, 0.3) is 6.08 Å². The standard InChI is InChI=1S/C21H27N5O3/c1-15(2)29-19-5-3-4-16(10-19)13-26-9-8-18(14-26)24-20-12-22-17(11-23-20)6-7-21(27)25-28/h3-7,10-12,15,18,28H,8-9,13-14H2,1-2H3,(H,23,24)(H,25,27)/t18-/m1/s1. The quantitative estimate of drug-likeness (QED) is 0.357. The molecular weight excluding hydrogens is 370 g/mol. The average Bonchev–Trinajstić information content (AvgIpc) is 3.13. The highest BCUT2D eigenvalue weighted by molar-refractivity contribution is 5.90. The third-order valence-corrected chi connectivity index (χ3v) is 4.49. The molecule has 0 bridgehead atoms. The predicted octanol–water partition coefficient (Wildman–Crippen LogP) is 2.47. The number of hydrogen-bond donors (Lipinski definition) is 3. The first kappa shape index (κ1) is 20.8. The van der Waals surface area contributed by atoms with Crippen LogP contribution < -0.4 is 15.5 Å². The Morgan fingerprint density at radius 3 is 2.97 bits per heavy atom. The topological polar surface area (TPSA) is 99.6 Å². The summed E-state index contributed by atoms with van der Waals surface area (Å²) >= 11 is 0. The zero-order chi connectivity index (χ0) is 20.6. The summed E-state index contributed by atoms with van der Waals surface area (Å²) in [7, 11) is 0. The van der Waals surface area contributed by atoms with Crippen LogP contribution in [0, 0.1) is 0 Å². The van der Waals surface area contributed by atoms with Crippen molar-refractivity contribution >= 4 is 17.8 Å². The molecule has 0 unspecified atom stereocenters. The number of hydroxylamine groups is 1. The van der Waals surface area contributed by atoms with Crippen molar-refractivity contribution in [2.45, 2.75) is 39.0 Å². The van der Waals surface area contributed by atoms with Gasteiger partial charge in [0.05, 0.1) is 24.2 Å². The first-order valence-corrected chi connectivity index (χ1v) is 9.70. The Balaban J connectivity index is 1.50. The number of likely N-dealkylation sites (tertiary alicyclic amines) is 1. The minimum atomic E-state index is -0.610. The number of nitrogens with zero attached hydrogens (tertiary/aromatic N) is 3. The highest BCUT2D eigenvalue weighted by atomic mass is 16.5. The minimum Gasteiger partial charge on any atom is -0.491 e. The number of anilines is 1. The van der Waals surface area contributed by atoms with Crippen LogP contribution >= 0.6 is 0 Å². The number of carbonyl (C=O) groups is 1. The highest BCUT2D eigenvalue weighted by Gasteiger charge is 2.22. The van der Waals surface area contributed by atoms with Crippen molar-refractivity contribution in [3.05, 3.63) is 54.0 Å². The lowest BCUT2D eigenvalue weighted by atomic mass is 10.2. The maximum absolute atomic E-state index is 11.0. The average molecular weight is 397 g/mol. The molecule has 2 heterocycles. The molecule has 8 nitrogen and oxygen atoms in total. The molecule has 1 atom stereocenters. The molecule has 0 radical (unpaired) electrons. The monoisotopic (exact) mass is 397 g/mol. The van der Waals surface area contributed by atoms with E-state index in [0.29, 0.717) is 17.6 Å². The molecule has 29 heavy (non-hydrogen) atoms. The van der Waals surface area contributed by atoms with Crippen LogP contribution in [-0.2, 0) is 11.3 Å². The van der Waals surface area contributed by atoms with E-state index in [9.17, 15) is 4.79 Å². The number of ether oxygens (including phenoxy) is 1. The molecule has 0 aliphatic carbocycles. The Morgan fingerprint density at radius 1 is 1.38 bits per heavy atom. The Bertz CT molecular complexity index is 838. The van der Waals surface area contributed by atoms with Gasteiger partial charge >= 0.3 is 0 Å². The van der Waals surface area contributed by atoms with E-state index in [0.717, 1.165) is 31.8 Å². The number of amides is 1. The van der Waals surface area contributed by atoms with Crippen molar-refractivity contribution in [2.24, 2.45) is 0 Å². The van der Waals surface area contributed by atoms with E-state index >= 15 is 0 Å². The largest absolute Gasteiger partial charge is 0.491 e. The van der Waals surface area contributed by atoms with Gasteiger partial charge in [0.15, 0.2) is 0 Å². The molecule has 1 fully saturated rings. The Kier molecular flexibility index (Phi) is 7.15. The van der Waals surface area contributed by atoms with Gasteiger partial charge in [0.25, 0.3) is 5.91 Å². The Hall–Kier alpha value is -2.97. The van der Waals surface area contributed by atoms with Crippen molar-refractivity contribution in [1.82, 2.24) is 20.3 Å². The fraction of sp³-hybridized carbons (Fsp3) is 0.381.